The Morgan fingerprint density at radius 2 is 1.66 bits per heavy atom. The van der Waals surface area contributed by atoms with Crippen LogP contribution in [0.25, 0.3) is 0 Å². The van der Waals surface area contributed by atoms with Gasteiger partial charge in [0.2, 0.25) is 0 Å². The molecule has 0 radical (unpaired) electrons. The molecule has 32 heavy (non-hydrogen) atoms. The Bertz CT molecular complexity index is 1110. The summed E-state index contributed by atoms with van der Waals surface area (Å²) in [6.07, 6.45) is 2.63. The summed E-state index contributed by atoms with van der Waals surface area (Å²) in [7, 11) is 0. The molecule has 3 rings (SSSR count). The van der Waals surface area contributed by atoms with Crippen LogP contribution in [0.2, 0.25) is 0 Å². The van der Waals surface area contributed by atoms with Crippen LogP contribution >= 0.6 is 12.2 Å². The summed E-state index contributed by atoms with van der Waals surface area (Å²) in [6, 6.07) is 21.4. The first-order chi connectivity index (χ1) is 15.5. The van der Waals surface area contributed by atoms with E-state index < -0.39 is 5.97 Å². The van der Waals surface area contributed by atoms with E-state index in [1.807, 2.05) is 37.3 Å². The van der Waals surface area contributed by atoms with Gasteiger partial charge in [0.1, 0.15) is 16.5 Å². The molecule has 3 aromatic rings. The van der Waals surface area contributed by atoms with Crippen LogP contribution in [-0.4, -0.2) is 16.9 Å². The lowest BCUT2D eigenvalue weighted by Crippen LogP contribution is -2.12. The summed E-state index contributed by atoms with van der Waals surface area (Å²) in [5, 5.41) is 0. The van der Waals surface area contributed by atoms with Gasteiger partial charge in [-0.25, -0.2) is 4.79 Å². The predicted molar refractivity (Wildman–Crippen MR) is 128 cm³/mol. The molecule has 0 saturated carbocycles. The first-order valence-electron chi connectivity index (χ1n) is 10.5. The maximum Gasteiger partial charge on any atom is 0.343 e. The SMILES string of the molecule is CCCCC(=O)Oc1cccc(Cc2ccccc2C(=O)Oc2ccc(C(N)=S)cc2)c1. The van der Waals surface area contributed by atoms with Gasteiger partial charge in [0.15, 0.2) is 0 Å². The molecule has 0 aliphatic heterocycles. The van der Waals surface area contributed by atoms with Crippen molar-refractivity contribution in [3.05, 3.63) is 95.1 Å². The molecule has 0 spiro atoms. The van der Waals surface area contributed by atoms with E-state index in [9.17, 15) is 9.59 Å². The van der Waals surface area contributed by atoms with E-state index in [0.29, 0.717) is 35.5 Å². The van der Waals surface area contributed by atoms with E-state index in [1.165, 1.54) is 0 Å². The minimum absolute atomic E-state index is 0.241. The minimum Gasteiger partial charge on any atom is -0.427 e. The van der Waals surface area contributed by atoms with E-state index >= 15 is 0 Å². The summed E-state index contributed by atoms with van der Waals surface area (Å²) in [6.45, 7) is 2.03. The summed E-state index contributed by atoms with van der Waals surface area (Å²) in [5.41, 5.74) is 8.51. The van der Waals surface area contributed by atoms with Gasteiger partial charge in [0.05, 0.1) is 5.56 Å². The molecule has 0 saturated heterocycles. The van der Waals surface area contributed by atoms with Crippen molar-refractivity contribution in [2.45, 2.75) is 32.6 Å². The molecule has 0 unspecified atom stereocenters. The van der Waals surface area contributed by atoms with Gasteiger partial charge >= 0.3 is 11.9 Å². The highest BCUT2D eigenvalue weighted by molar-refractivity contribution is 7.80. The molecule has 6 heteroatoms. The van der Waals surface area contributed by atoms with Crippen LogP contribution in [0, 0.1) is 0 Å². The lowest BCUT2D eigenvalue weighted by atomic mass is 9.99. The zero-order valence-corrected chi connectivity index (χ0v) is 18.7. The summed E-state index contributed by atoms with van der Waals surface area (Å²) in [4.78, 5) is 25.0. The molecule has 0 fully saturated rings. The number of nitrogens with two attached hydrogens (primary N) is 1. The quantitative estimate of drug-likeness (QED) is 0.275. The number of unbranched alkanes of at least 4 members (excludes halogenated alkanes) is 1. The topological polar surface area (TPSA) is 78.6 Å². The van der Waals surface area contributed by atoms with Crippen molar-refractivity contribution in [3.63, 3.8) is 0 Å². The average Bonchev–Trinajstić information content (AvgIpc) is 2.78. The number of carbonyl (C=O) groups excluding carboxylic acids is 2. The van der Waals surface area contributed by atoms with Gasteiger partial charge in [-0.2, -0.15) is 0 Å². The molecular weight excluding hydrogens is 422 g/mol. The van der Waals surface area contributed by atoms with Gasteiger partial charge in [-0.05, 0) is 66.4 Å². The lowest BCUT2D eigenvalue weighted by molar-refractivity contribution is -0.134. The number of carbonyl (C=O) groups is 2. The second-order valence-electron chi connectivity index (χ2n) is 7.34. The van der Waals surface area contributed by atoms with E-state index in [4.69, 9.17) is 27.4 Å². The Labute approximate surface area is 193 Å². The number of ether oxygens (including phenoxy) is 2. The van der Waals surface area contributed by atoms with Crippen LogP contribution < -0.4 is 15.2 Å². The maximum atomic E-state index is 12.8. The summed E-state index contributed by atoms with van der Waals surface area (Å²) < 4.78 is 11.0. The fraction of sp³-hybridized carbons (Fsp3) is 0.192. The lowest BCUT2D eigenvalue weighted by Gasteiger charge is -2.11. The third kappa shape index (κ3) is 6.49. The molecule has 0 aliphatic rings. The highest BCUT2D eigenvalue weighted by Crippen LogP contribution is 2.21. The second kappa shape index (κ2) is 11.2. The molecule has 0 heterocycles. The standard InChI is InChI=1S/C26H25NO4S/c1-2-3-11-24(28)30-22-9-6-7-18(17-22)16-20-8-4-5-10-23(20)26(29)31-21-14-12-19(13-15-21)25(27)32/h4-10,12-15,17H,2-3,11,16H2,1H3,(H2,27,32). The maximum absolute atomic E-state index is 12.8. The van der Waals surface area contributed by atoms with Crippen molar-refractivity contribution in [1.82, 2.24) is 0 Å². The van der Waals surface area contributed by atoms with Gasteiger partial charge in [-0.3, -0.25) is 4.79 Å². The van der Waals surface area contributed by atoms with Crippen molar-refractivity contribution < 1.29 is 19.1 Å². The monoisotopic (exact) mass is 447 g/mol. The third-order valence-corrected chi connectivity index (χ3v) is 5.08. The minimum atomic E-state index is -0.453. The Hall–Kier alpha value is -3.51. The van der Waals surface area contributed by atoms with Crippen LogP contribution in [0.1, 0.15) is 53.2 Å². The largest absolute Gasteiger partial charge is 0.427 e. The fourth-order valence-corrected chi connectivity index (χ4v) is 3.30. The smallest absolute Gasteiger partial charge is 0.343 e. The van der Waals surface area contributed by atoms with Crippen molar-refractivity contribution in [2.24, 2.45) is 5.73 Å². The molecule has 2 N–H and O–H groups in total. The van der Waals surface area contributed by atoms with Crippen LogP contribution in [0.5, 0.6) is 11.5 Å². The normalized spacial score (nSPS) is 10.4. The van der Waals surface area contributed by atoms with Crippen LogP contribution in [0.3, 0.4) is 0 Å². The van der Waals surface area contributed by atoms with Crippen LogP contribution in [0.4, 0.5) is 0 Å². The molecule has 5 nitrogen and oxygen atoms in total. The van der Waals surface area contributed by atoms with E-state index in [2.05, 4.69) is 0 Å². The highest BCUT2D eigenvalue weighted by Gasteiger charge is 2.14. The zero-order valence-electron chi connectivity index (χ0n) is 17.9. The molecule has 0 amide bonds. The Morgan fingerprint density at radius 3 is 2.38 bits per heavy atom. The molecule has 164 valence electrons. The third-order valence-electron chi connectivity index (χ3n) is 4.85. The van der Waals surface area contributed by atoms with E-state index in [-0.39, 0.29) is 11.0 Å². The number of hydrogen-bond acceptors (Lipinski definition) is 5. The summed E-state index contributed by atoms with van der Waals surface area (Å²) >= 11 is 4.94. The fourth-order valence-electron chi connectivity index (χ4n) is 3.17. The van der Waals surface area contributed by atoms with Gasteiger partial charge < -0.3 is 15.2 Å². The number of esters is 2. The molecular formula is C26H25NO4S. The van der Waals surface area contributed by atoms with Crippen molar-refractivity contribution >= 4 is 29.1 Å². The van der Waals surface area contributed by atoms with Gasteiger partial charge in [0, 0.05) is 12.0 Å². The Balaban J connectivity index is 1.72. The number of hydrogen-bond donors (Lipinski definition) is 1. The Morgan fingerprint density at radius 1 is 0.906 bits per heavy atom. The first-order valence-corrected chi connectivity index (χ1v) is 10.9. The van der Waals surface area contributed by atoms with Gasteiger partial charge in [-0.15, -0.1) is 0 Å². The molecule has 0 bridgehead atoms. The first kappa shape index (κ1) is 23.2. The molecule has 3 aromatic carbocycles. The highest BCUT2D eigenvalue weighted by atomic mass is 32.1. The number of rotatable bonds is 9. The molecule has 0 aromatic heterocycles. The molecule has 0 aliphatic carbocycles. The van der Waals surface area contributed by atoms with E-state index in [0.717, 1.165) is 24.0 Å². The van der Waals surface area contributed by atoms with Crippen molar-refractivity contribution in [1.29, 1.82) is 0 Å². The van der Waals surface area contributed by atoms with Gasteiger partial charge in [-0.1, -0.05) is 55.9 Å². The second-order valence-corrected chi connectivity index (χ2v) is 7.78. The number of benzene rings is 3. The molecule has 0 atom stereocenters. The van der Waals surface area contributed by atoms with Crippen LogP contribution in [-0.2, 0) is 11.2 Å². The average molecular weight is 448 g/mol. The van der Waals surface area contributed by atoms with Crippen molar-refractivity contribution in [2.75, 3.05) is 0 Å². The van der Waals surface area contributed by atoms with Gasteiger partial charge in [0.25, 0.3) is 0 Å². The van der Waals surface area contributed by atoms with Crippen LogP contribution in [0.15, 0.2) is 72.8 Å². The zero-order chi connectivity index (χ0) is 22.9. The van der Waals surface area contributed by atoms with E-state index in [1.54, 1.807) is 42.5 Å². The summed E-state index contributed by atoms with van der Waals surface area (Å²) in [5.74, 6) is 0.215. The predicted octanol–water partition coefficient (Wildman–Crippen LogP) is 5.23. The Kier molecular flexibility index (Phi) is 8.11. The number of thiocarbonyl (C=S) groups is 1. The van der Waals surface area contributed by atoms with Crippen molar-refractivity contribution in [3.8, 4) is 11.5 Å².